The zero-order valence-electron chi connectivity index (χ0n) is 13.9. The first kappa shape index (κ1) is 18.5. The summed E-state index contributed by atoms with van der Waals surface area (Å²) in [6.07, 6.45) is -2.48. The molecule has 1 aromatic carbocycles. The maximum Gasteiger partial charge on any atom is 0.336 e. The summed E-state index contributed by atoms with van der Waals surface area (Å²) < 4.78 is 5.23. The molecule has 0 radical (unpaired) electrons. The number of anilines is 1. The molecule has 8 nitrogen and oxygen atoms in total. The molecule has 1 heterocycles. The molecule has 1 aliphatic carbocycles. The first-order valence-electron chi connectivity index (χ1n) is 8.39. The van der Waals surface area contributed by atoms with Gasteiger partial charge in [0.1, 0.15) is 36.2 Å². The summed E-state index contributed by atoms with van der Waals surface area (Å²) in [5.41, 5.74) is 1.25. The van der Waals surface area contributed by atoms with E-state index in [1.807, 2.05) is 0 Å². The highest BCUT2D eigenvalue weighted by Gasteiger charge is 2.31. The molecule has 0 spiro atoms. The van der Waals surface area contributed by atoms with E-state index < -0.39 is 36.6 Å². The van der Waals surface area contributed by atoms with Crippen LogP contribution in [-0.4, -0.2) is 57.7 Å². The van der Waals surface area contributed by atoms with Gasteiger partial charge in [-0.25, -0.2) is 4.79 Å². The Morgan fingerprint density at radius 1 is 1.19 bits per heavy atom. The van der Waals surface area contributed by atoms with Gasteiger partial charge >= 0.3 is 5.63 Å². The second kappa shape index (κ2) is 7.55. The van der Waals surface area contributed by atoms with Crippen molar-refractivity contribution in [1.82, 2.24) is 0 Å². The average molecular weight is 363 g/mol. The predicted molar refractivity (Wildman–Crippen MR) is 93.0 cm³/mol. The molecule has 1 aromatic heterocycles. The summed E-state index contributed by atoms with van der Waals surface area (Å²) in [7, 11) is 0. The highest BCUT2D eigenvalue weighted by atomic mass is 16.4. The lowest BCUT2D eigenvalue weighted by Crippen LogP contribution is -2.49. The first-order valence-corrected chi connectivity index (χ1v) is 8.39. The second-order valence-electron chi connectivity index (χ2n) is 6.54. The van der Waals surface area contributed by atoms with Crippen LogP contribution in [-0.2, 0) is 4.79 Å². The molecule has 0 unspecified atom stereocenters. The minimum absolute atomic E-state index is 0.361. The Balaban J connectivity index is 1.85. The summed E-state index contributed by atoms with van der Waals surface area (Å²) in [5, 5.41) is 41.6. The number of nitrogens with one attached hydrogen (secondary N) is 1. The van der Waals surface area contributed by atoms with Gasteiger partial charge in [-0.2, -0.15) is 0 Å². The minimum Gasteiger partial charge on any atom is -0.423 e. The van der Waals surface area contributed by atoms with Crippen molar-refractivity contribution in [3.63, 3.8) is 0 Å². The van der Waals surface area contributed by atoms with E-state index in [0.29, 0.717) is 23.5 Å². The van der Waals surface area contributed by atoms with Crippen LogP contribution >= 0.6 is 0 Å². The number of hydrogen-bond donors (Lipinski definition) is 5. The molecular formula is C18H21NO7. The van der Waals surface area contributed by atoms with E-state index in [0.717, 1.165) is 23.8 Å². The van der Waals surface area contributed by atoms with Crippen LogP contribution in [0.4, 0.5) is 5.69 Å². The molecule has 140 valence electrons. The van der Waals surface area contributed by atoms with Crippen molar-refractivity contribution in [2.75, 3.05) is 11.9 Å². The minimum atomic E-state index is -1.71. The van der Waals surface area contributed by atoms with Gasteiger partial charge in [0, 0.05) is 23.2 Å². The number of aliphatic hydroxyl groups is 4. The van der Waals surface area contributed by atoms with Crippen molar-refractivity contribution in [3.8, 4) is 0 Å². The molecule has 0 aliphatic heterocycles. The Bertz CT molecular complexity index is 845. The molecule has 5 N–H and O–H groups in total. The Hall–Kier alpha value is -2.26. The smallest absolute Gasteiger partial charge is 0.336 e. The molecule has 26 heavy (non-hydrogen) atoms. The Morgan fingerprint density at radius 3 is 2.54 bits per heavy atom. The molecule has 1 fully saturated rings. The summed E-state index contributed by atoms with van der Waals surface area (Å²) >= 11 is 0. The summed E-state index contributed by atoms with van der Waals surface area (Å²) in [6, 6.07) is 5.24. The van der Waals surface area contributed by atoms with E-state index in [2.05, 4.69) is 5.32 Å². The summed E-state index contributed by atoms with van der Waals surface area (Å²) in [5.74, 6) is 0.361. The normalized spacial score (nSPS) is 18.9. The molecule has 2 aromatic rings. The van der Waals surface area contributed by atoms with Gasteiger partial charge in [0.2, 0.25) is 0 Å². The van der Waals surface area contributed by atoms with Crippen molar-refractivity contribution in [1.29, 1.82) is 0 Å². The quantitative estimate of drug-likeness (QED) is 0.319. The van der Waals surface area contributed by atoms with Gasteiger partial charge in [0.15, 0.2) is 0 Å². The van der Waals surface area contributed by atoms with Crippen molar-refractivity contribution >= 4 is 22.9 Å². The number of hydrogen-bond acceptors (Lipinski definition) is 8. The fourth-order valence-corrected chi connectivity index (χ4v) is 2.95. The molecule has 1 aliphatic rings. The SMILES string of the molecule is O=C[C@@H](Nc1ccc2c(C3CC3)cc(=O)oc2c1)[C@H](O)[C@@H](O)[C@@H](O)CO. The fourth-order valence-electron chi connectivity index (χ4n) is 2.95. The molecule has 0 saturated heterocycles. The monoisotopic (exact) mass is 363 g/mol. The van der Waals surface area contributed by atoms with Crippen molar-refractivity contribution in [2.24, 2.45) is 0 Å². The van der Waals surface area contributed by atoms with E-state index in [4.69, 9.17) is 9.52 Å². The van der Waals surface area contributed by atoms with Crippen LogP contribution in [0.1, 0.15) is 24.3 Å². The summed E-state index contributed by atoms with van der Waals surface area (Å²) in [6.45, 7) is -0.755. The van der Waals surface area contributed by atoms with Crippen LogP contribution in [0, 0.1) is 0 Å². The zero-order chi connectivity index (χ0) is 18.8. The molecule has 8 heteroatoms. The van der Waals surface area contributed by atoms with Crippen molar-refractivity contribution in [3.05, 3.63) is 40.2 Å². The third kappa shape index (κ3) is 3.78. The molecule has 0 bridgehead atoms. The number of rotatable bonds is 8. The molecular weight excluding hydrogens is 342 g/mol. The van der Waals surface area contributed by atoms with Gasteiger partial charge in [0.05, 0.1) is 6.61 Å². The highest BCUT2D eigenvalue weighted by Crippen LogP contribution is 2.42. The molecule has 1 saturated carbocycles. The highest BCUT2D eigenvalue weighted by molar-refractivity contribution is 5.84. The third-order valence-electron chi connectivity index (χ3n) is 4.57. The Kier molecular flexibility index (Phi) is 5.38. The first-order chi connectivity index (χ1) is 12.4. The number of fused-ring (bicyclic) bond motifs is 1. The maximum absolute atomic E-state index is 11.8. The van der Waals surface area contributed by atoms with Gasteiger partial charge in [-0.3, -0.25) is 0 Å². The van der Waals surface area contributed by atoms with E-state index in [9.17, 15) is 24.9 Å². The van der Waals surface area contributed by atoms with Crippen molar-refractivity contribution in [2.45, 2.75) is 43.1 Å². The van der Waals surface area contributed by atoms with Gasteiger partial charge in [-0.15, -0.1) is 0 Å². The number of carbonyl (C=O) groups is 1. The standard InChI is InChI=1S/C18H21NO7/c20-7-13(17(24)18(25)14(22)8-21)19-10-3-4-11-12(9-1-2-9)6-16(23)26-15(11)5-10/h3-7,9,13-14,17-19,21-22,24-25H,1-2,8H2/t13-,14+,17+,18+/m1/s1. The largest absolute Gasteiger partial charge is 0.423 e. The van der Waals surface area contributed by atoms with Gasteiger partial charge in [-0.05, 0) is 36.5 Å². The number of aliphatic hydroxyl groups excluding tert-OH is 4. The topological polar surface area (TPSA) is 140 Å². The van der Waals surface area contributed by atoms with Crippen LogP contribution in [0.25, 0.3) is 11.0 Å². The van der Waals surface area contributed by atoms with Crippen LogP contribution in [0.3, 0.4) is 0 Å². The molecule has 4 atom stereocenters. The maximum atomic E-state index is 11.8. The van der Waals surface area contributed by atoms with Crippen LogP contribution < -0.4 is 10.9 Å². The van der Waals surface area contributed by atoms with Gasteiger partial charge in [0.25, 0.3) is 0 Å². The second-order valence-corrected chi connectivity index (χ2v) is 6.54. The lowest BCUT2D eigenvalue weighted by molar-refractivity contribution is -0.117. The number of carbonyl (C=O) groups excluding carboxylic acids is 1. The molecule has 3 rings (SSSR count). The summed E-state index contributed by atoms with van der Waals surface area (Å²) in [4.78, 5) is 23.0. The van der Waals surface area contributed by atoms with Crippen LogP contribution in [0.5, 0.6) is 0 Å². The average Bonchev–Trinajstić information content (AvgIpc) is 3.48. The van der Waals surface area contributed by atoms with E-state index in [1.165, 1.54) is 6.07 Å². The van der Waals surface area contributed by atoms with Crippen LogP contribution in [0.2, 0.25) is 0 Å². The van der Waals surface area contributed by atoms with E-state index in [-0.39, 0.29) is 0 Å². The number of benzene rings is 1. The number of aldehydes is 1. The van der Waals surface area contributed by atoms with Crippen molar-refractivity contribution < 1.29 is 29.6 Å². The third-order valence-corrected chi connectivity index (χ3v) is 4.57. The van der Waals surface area contributed by atoms with Crippen LogP contribution in [0.15, 0.2) is 33.5 Å². The lowest BCUT2D eigenvalue weighted by Gasteiger charge is -2.26. The Labute approximate surface area is 148 Å². The van der Waals surface area contributed by atoms with Gasteiger partial charge in [-0.1, -0.05) is 0 Å². The lowest BCUT2D eigenvalue weighted by atomic mass is 10.0. The van der Waals surface area contributed by atoms with Gasteiger partial charge < -0.3 is 35.0 Å². The fraction of sp³-hybridized carbons (Fsp3) is 0.444. The molecule has 0 amide bonds. The van der Waals surface area contributed by atoms with E-state index in [1.54, 1.807) is 18.2 Å². The Morgan fingerprint density at radius 2 is 1.92 bits per heavy atom. The predicted octanol–water partition coefficient (Wildman–Crippen LogP) is -0.275. The van der Waals surface area contributed by atoms with E-state index >= 15 is 0 Å². The zero-order valence-corrected chi connectivity index (χ0v) is 13.9.